The molecule has 1 amide bonds. The number of aryl methyl sites for hydroxylation is 1. The van der Waals surface area contributed by atoms with Gasteiger partial charge in [0.2, 0.25) is 5.91 Å². The highest BCUT2D eigenvalue weighted by Gasteiger charge is 2.34. The van der Waals surface area contributed by atoms with Gasteiger partial charge in [0.1, 0.15) is 18.2 Å². The number of alkyl halides is 3. The number of fused-ring (bicyclic) bond motifs is 1. The maximum absolute atomic E-state index is 12.9. The van der Waals surface area contributed by atoms with Gasteiger partial charge in [0, 0.05) is 25.9 Å². The van der Waals surface area contributed by atoms with Gasteiger partial charge < -0.3 is 26.0 Å². The summed E-state index contributed by atoms with van der Waals surface area (Å²) in [6.07, 6.45) is 0.725. The Morgan fingerprint density at radius 3 is 2.74 bits per heavy atom. The molecule has 0 atom stereocenters. The number of halogens is 3. The van der Waals surface area contributed by atoms with Crippen LogP contribution in [-0.4, -0.2) is 48.2 Å². The first-order valence-corrected chi connectivity index (χ1v) is 11.2. The summed E-state index contributed by atoms with van der Waals surface area (Å²) in [5.41, 5.74) is 7.48. The quantitative estimate of drug-likeness (QED) is 0.583. The van der Waals surface area contributed by atoms with E-state index < -0.39 is 17.3 Å². The highest BCUT2D eigenvalue weighted by molar-refractivity contribution is 6.02. The van der Waals surface area contributed by atoms with Crippen molar-refractivity contribution in [3.05, 3.63) is 35.8 Å². The van der Waals surface area contributed by atoms with Gasteiger partial charge in [-0.25, -0.2) is 4.98 Å². The number of nitrogens with one attached hydrogen (secondary N) is 2. The lowest BCUT2D eigenvalue weighted by atomic mass is 9.77. The third kappa shape index (κ3) is 5.52. The molecule has 0 aromatic carbocycles. The van der Waals surface area contributed by atoms with Gasteiger partial charge in [0.15, 0.2) is 0 Å². The number of anilines is 3. The molecule has 11 heteroatoms. The van der Waals surface area contributed by atoms with E-state index in [1.165, 1.54) is 6.20 Å². The maximum Gasteiger partial charge on any atom is 0.418 e. The number of rotatable bonds is 6. The Morgan fingerprint density at radius 1 is 1.29 bits per heavy atom. The fourth-order valence-corrected chi connectivity index (χ4v) is 4.41. The number of nitrogens with two attached hydrogens (primary N) is 1. The van der Waals surface area contributed by atoms with Crippen LogP contribution in [0.25, 0.3) is 0 Å². The molecule has 2 aromatic heterocycles. The second kappa shape index (κ2) is 9.28. The van der Waals surface area contributed by atoms with Gasteiger partial charge in [-0.15, -0.1) is 0 Å². The highest BCUT2D eigenvalue weighted by atomic mass is 19.4. The molecule has 8 nitrogen and oxygen atoms in total. The molecule has 34 heavy (non-hydrogen) atoms. The van der Waals surface area contributed by atoms with Crippen LogP contribution in [0, 0.1) is 12.8 Å². The lowest BCUT2D eigenvalue weighted by molar-refractivity contribution is -0.138. The number of hydrogen-bond acceptors (Lipinski definition) is 7. The Kier molecular flexibility index (Phi) is 6.57. The van der Waals surface area contributed by atoms with Crippen LogP contribution in [0.2, 0.25) is 0 Å². The Bertz CT molecular complexity index is 1050. The predicted molar refractivity (Wildman–Crippen MR) is 123 cm³/mol. The summed E-state index contributed by atoms with van der Waals surface area (Å²) in [5.74, 6) is 1.16. The fraction of sp³-hybridized carbons (Fsp3) is 0.522. The topological polar surface area (TPSA) is 105 Å². The van der Waals surface area contributed by atoms with Gasteiger partial charge in [0.05, 0.1) is 40.9 Å². The van der Waals surface area contributed by atoms with Crippen LogP contribution in [0.1, 0.15) is 36.9 Å². The van der Waals surface area contributed by atoms with Crippen LogP contribution >= 0.6 is 0 Å². The van der Waals surface area contributed by atoms with Gasteiger partial charge in [-0.3, -0.25) is 9.78 Å². The van der Waals surface area contributed by atoms with Crippen molar-refractivity contribution in [3.63, 3.8) is 0 Å². The largest absolute Gasteiger partial charge is 0.490 e. The summed E-state index contributed by atoms with van der Waals surface area (Å²) < 4.78 is 44.2. The monoisotopic (exact) mass is 478 g/mol. The molecule has 4 N–H and O–H groups in total. The fourth-order valence-electron chi connectivity index (χ4n) is 4.41. The zero-order valence-electron chi connectivity index (χ0n) is 19.2. The Labute approximate surface area is 196 Å². The molecule has 1 aliphatic heterocycles. The van der Waals surface area contributed by atoms with E-state index in [0.29, 0.717) is 25.3 Å². The Morgan fingerprint density at radius 2 is 2.03 bits per heavy atom. The third-order valence-corrected chi connectivity index (χ3v) is 6.48. The van der Waals surface area contributed by atoms with Crippen LogP contribution in [-0.2, 0) is 11.0 Å². The normalized spacial score (nSPS) is 22.7. The van der Waals surface area contributed by atoms with E-state index >= 15 is 0 Å². The molecule has 184 valence electrons. The number of ether oxygens (including phenoxy) is 1. The summed E-state index contributed by atoms with van der Waals surface area (Å²) in [6.45, 7) is 3.04. The maximum atomic E-state index is 12.9. The summed E-state index contributed by atoms with van der Waals surface area (Å²) in [7, 11) is 1.88. The number of likely N-dealkylation sites (N-methyl/N-ethyl adjacent to an activating group) is 1. The first kappa shape index (κ1) is 24.1. The zero-order chi connectivity index (χ0) is 24.5. The van der Waals surface area contributed by atoms with Crippen LogP contribution < -0.4 is 26.0 Å². The van der Waals surface area contributed by atoms with E-state index in [2.05, 4.69) is 20.6 Å². The average Bonchev–Trinajstić information content (AvgIpc) is 2.78. The molecule has 1 saturated carbocycles. The highest BCUT2D eigenvalue weighted by Crippen LogP contribution is 2.35. The van der Waals surface area contributed by atoms with Crippen molar-refractivity contribution in [2.45, 2.75) is 44.3 Å². The molecule has 2 aliphatic rings. The van der Waals surface area contributed by atoms with E-state index in [-0.39, 0.29) is 18.3 Å². The Balaban J connectivity index is 1.29. The molecule has 1 aliphatic carbocycles. The van der Waals surface area contributed by atoms with Crippen molar-refractivity contribution < 1.29 is 22.7 Å². The minimum atomic E-state index is -4.47. The smallest absolute Gasteiger partial charge is 0.418 e. The van der Waals surface area contributed by atoms with E-state index in [1.54, 1.807) is 0 Å². The van der Waals surface area contributed by atoms with Gasteiger partial charge in [-0.1, -0.05) is 0 Å². The van der Waals surface area contributed by atoms with Crippen LogP contribution in [0.3, 0.4) is 0 Å². The summed E-state index contributed by atoms with van der Waals surface area (Å²) >= 11 is 0. The van der Waals surface area contributed by atoms with E-state index in [0.717, 1.165) is 54.5 Å². The van der Waals surface area contributed by atoms with Crippen molar-refractivity contribution in [1.29, 1.82) is 0 Å². The number of pyridine rings is 2. The molecule has 1 fully saturated rings. The van der Waals surface area contributed by atoms with Crippen molar-refractivity contribution >= 4 is 23.1 Å². The summed E-state index contributed by atoms with van der Waals surface area (Å²) in [4.78, 5) is 21.9. The van der Waals surface area contributed by atoms with Crippen molar-refractivity contribution in [2.75, 3.05) is 42.3 Å². The molecule has 0 saturated heterocycles. The SMILES string of the molecule is Cc1nc(NCC2CCC(N)(COc3cncc(C(F)(F)F)c3)CC2)cc2c1NC(=O)CN2C. The van der Waals surface area contributed by atoms with Crippen molar-refractivity contribution in [1.82, 2.24) is 9.97 Å². The minimum Gasteiger partial charge on any atom is -0.490 e. The summed E-state index contributed by atoms with van der Waals surface area (Å²) in [5, 5.41) is 6.28. The number of hydrogen-bond donors (Lipinski definition) is 3. The molecule has 3 heterocycles. The number of nitrogens with zero attached hydrogens (tertiary/aromatic N) is 3. The van der Waals surface area contributed by atoms with E-state index in [4.69, 9.17) is 10.5 Å². The number of carbonyl (C=O) groups is 1. The first-order valence-electron chi connectivity index (χ1n) is 11.2. The second-order valence-corrected chi connectivity index (χ2v) is 9.27. The van der Waals surface area contributed by atoms with Crippen LogP contribution in [0.15, 0.2) is 24.5 Å². The zero-order valence-corrected chi connectivity index (χ0v) is 19.2. The van der Waals surface area contributed by atoms with Gasteiger partial charge in [0.25, 0.3) is 0 Å². The van der Waals surface area contributed by atoms with Gasteiger partial charge >= 0.3 is 6.18 Å². The van der Waals surface area contributed by atoms with Crippen LogP contribution in [0.5, 0.6) is 5.75 Å². The molecular formula is C23H29F3N6O2. The standard InChI is InChI=1S/C23H29F3N6O2/c1-14-21-18(32(2)12-20(33)31-21)8-19(30-14)29-9-15-3-5-22(27,6-4-15)13-34-17-7-16(10-28-11-17)23(24,25)26/h7-8,10-11,15H,3-6,9,12-13,27H2,1-2H3,(H,29,30)(H,31,33). The molecule has 0 spiro atoms. The van der Waals surface area contributed by atoms with Gasteiger partial charge in [-0.2, -0.15) is 13.2 Å². The molecule has 0 radical (unpaired) electrons. The predicted octanol–water partition coefficient (Wildman–Crippen LogP) is 3.57. The molecule has 0 unspecified atom stereocenters. The first-order chi connectivity index (χ1) is 16.0. The second-order valence-electron chi connectivity index (χ2n) is 9.27. The lowest BCUT2D eigenvalue weighted by Crippen LogP contribution is -2.49. The average molecular weight is 479 g/mol. The third-order valence-electron chi connectivity index (χ3n) is 6.48. The van der Waals surface area contributed by atoms with Crippen molar-refractivity contribution in [2.24, 2.45) is 11.7 Å². The molecule has 0 bridgehead atoms. The number of amides is 1. The molecule has 2 aromatic rings. The molecule has 4 rings (SSSR count). The number of carbonyl (C=O) groups excluding carboxylic acids is 1. The van der Waals surface area contributed by atoms with E-state index in [9.17, 15) is 18.0 Å². The van der Waals surface area contributed by atoms with Crippen molar-refractivity contribution in [3.8, 4) is 5.75 Å². The summed E-state index contributed by atoms with van der Waals surface area (Å²) in [6, 6.07) is 2.89. The lowest BCUT2D eigenvalue weighted by Gasteiger charge is -2.37. The molecular weight excluding hydrogens is 449 g/mol. The van der Waals surface area contributed by atoms with Crippen LogP contribution in [0.4, 0.5) is 30.4 Å². The Hall–Kier alpha value is -3.08. The van der Waals surface area contributed by atoms with E-state index in [1.807, 2.05) is 24.9 Å². The number of aromatic nitrogens is 2. The minimum absolute atomic E-state index is 0.0543. The van der Waals surface area contributed by atoms with Gasteiger partial charge in [-0.05, 0) is 44.6 Å².